The van der Waals surface area contributed by atoms with Gasteiger partial charge in [0.2, 0.25) is 0 Å². The van der Waals surface area contributed by atoms with Gasteiger partial charge in [-0.25, -0.2) is 0 Å². The van der Waals surface area contributed by atoms with Gasteiger partial charge >= 0.3 is 0 Å². The zero-order valence-electron chi connectivity index (χ0n) is 11.4. The molecule has 2 heterocycles. The molecule has 18 heavy (non-hydrogen) atoms. The minimum Gasteiger partial charge on any atom is -0.334 e. The van der Waals surface area contributed by atoms with Crippen molar-refractivity contribution in [3.8, 4) is 0 Å². The molecule has 1 saturated heterocycles. The number of nitrogens with two attached hydrogens (primary N) is 1. The van der Waals surface area contributed by atoms with E-state index in [9.17, 15) is 4.79 Å². The van der Waals surface area contributed by atoms with Crippen molar-refractivity contribution in [2.24, 2.45) is 18.7 Å². The van der Waals surface area contributed by atoms with E-state index in [1.807, 2.05) is 24.9 Å². The van der Waals surface area contributed by atoms with Crippen molar-refractivity contribution < 1.29 is 4.79 Å². The van der Waals surface area contributed by atoms with E-state index in [-0.39, 0.29) is 11.9 Å². The van der Waals surface area contributed by atoms with Gasteiger partial charge in [-0.1, -0.05) is 0 Å². The van der Waals surface area contributed by atoms with Gasteiger partial charge in [-0.15, -0.1) is 0 Å². The normalized spacial score (nSPS) is 24.3. The standard InChI is InChI=1S/C13H22N4O/c1-9-6-12(16(3)15-9)13(18)17-8-11(7-14)5-4-10(17)2/h6,10-11H,4-5,7-8,14H2,1-3H3. The second-order valence-corrected chi connectivity index (χ2v) is 5.28. The summed E-state index contributed by atoms with van der Waals surface area (Å²) >= 11 is 0. The van der Waals surface area contributed by atoms with E-state index in [4.69, 9.17) is 5.73 Å². The van der Waals surface area contributed by atoms with Gasteiger partial charge in [-0.2, -0.15) is 5.10 Å². The Hall–Kier alpha value is -1.36. The Balaban J connectivity index is 2.19. The molecule has 1 fully saturated rings. The lowest BCUT2D eigenvalue weighted by atomic mass is 9.93. The fourth-order valence-corrected chi connectivity index (χ4v) is 2.62. The molecule has 2 N–H and O–H groups in total. The van der Waals surface area contributed by atoms with Gasteiger partial charge in [0.1, 0.15) is 5.69 Å². The second-order valence-electron chi connectivity index (χ2n) is 5.28. The Bertz CT molecular complexity index is 440. The van der Waals surface area contributed by atoms with Crippen molar-refractivity contribution in [1.29, 1.82) is 0 Å². The number of aromatic nitrogens is 2. The monoisotopic (exact) mass is 250 g/mol. The number of hydrogen-bond donors (Lipinski definition) is 1. The molecule has 1 aromatic rings. The molecular weight excluding hydrogens is 228 g/mol. The SMILES string of the molecule is Cc1cc(C(=O)N2CC(CN)CCC2C)n(C)n1. The maximum absolute atomic E-state index is 12.5. The van der Waals surface area contributed by atoms with Crippen LogP contribution >= 0.6 is 0 Å². The number of aryl methyl sites for hydroxylation is 2. The van der Waals surface area contributed by atoms with E-state index in [1.54, 1.807) is 4.68 Å². The molecule has 2 rings (SSSR count). The molecule has 2 unspecified atom stereocenters. The predicted molar refractivity (Wildman–Crippen MR) is 70.2 cm³/mol. The van der Waals surface area contributed by atoms with Crippen LogP contribution < -0.4 is 5.73 Å². The second kappa shape index (κ2) is 5.10. The first kappa shape index (κ1) is 13.1. The summed E-state index contributed by atoms with van der Waals surface area (Å²) in [6, 6.07) is 2.14. The van der Waals surface area contributed by atoms with Gasteiger partial charge in [0.15, 0.2) is 0 Å². The molecule has 0 spiro atoms. The highest BCUT2D eigenvalue weighted by atomic mass is 16.2. The lowest BCUT2D eigenvalue weighted by molar-refractivity contribution is 0.0555. The summed E-state index contributed by atoms with van der Waals surface area (Å²) in [6.45, 7) is 5.43. The summed E-state index contributed by atoms with van der Waals surface area (Å²) in [5.74, 6) is 0.503. The Morgan fingerprint density at radius 1 is 1.56 bits per heavy atom. The van der Waals surface area contributed by atoms with Gasteiger partial charge in [0.05, 0.1) is 5.69 Å². The highest BCUT2D eigenvalue weighted by molar-refractivity contribution is 5.93. The van der Waals surface area contributed by atoms with Crippen LogP contribution in [0, 0.1) is 12.8 Å². The van der Waals surface area contributed by atoms with E-state index >= 15 is 0 Å². The average Bonchev–Trinajstić information content (AvgIpc) is 2.68. The van der Waals surface area contributed by atoms with Crippen molar-refractivity contribution in [3.63, 3.8) is 0 Å². The Morgan fingerprint density at radius 3 is 2.83 bits per heavy atom. The van der Waals surface area contributed by atoms with Crippen molar-refractivity contribution in [2.45, 2.75) is 32.7 Å². The van der Waals surface area contributed by atoms with E-state index in [2.05, 4.69) is 12.0 Å². The lowest BCUT2D eigenvalue weighted by Gasteiger charge is -2.37. The quantitative estimate of drug-likeness (QED) is 0.849. The summed E-state index contributed by atoms with van der Waals surface area (Å²) in [5, 5.41) is 4.24. The van der Waals surface area contributed by atoms with Crippen LogP contribution in [0.2, 0.25) is 0 Å². The molecule has 2 atom stereocenters. The summed E-state index contributed by atoms with van der Waals surface area (Å²) in [7, 11) is 1.81. The Kier molecular flexibility index (Phi) is 3.71. The largest absolute Gasteiger partial charge is 0.334 e. The number of piperidine rings is 1. The molecule has 0 aromatic carbocycles. The van der Waals surface area contributed by atoms with Gasteiger partial charge in [0, 0.05) is 19.6 Å². The van der Waals surface area contributed by atoms with Crippen molar-refractivity contribution in [2.75, 3.05) is 13.1 Å². The van der Waals surface area contributed by atoms with Crippen LogP contribution in [0.4, 0.5) is 0 Å². The molecule has 0 saturated carbocycles. The van der Waals surface area contributed by atoms with Crippen molar-refractivity contribution in [3.05, 3.63) is 17.5 Å². The number of amides is 1. The van der Waals surface area contributed by atoms with Crippen molar-refractivity contribution >= 4 is 5.91 Å². The fraction of sp³-hybridized carbons (Fsp3) is 0.692. The number of nitrogens with zero attached hydrogens (tertiary/aromatic N) is 3. The molecule has 5 heteroatoms. The highest BCUT2D eigenvalue weighted by Crippen LogP contribution is 2.23. The molecule has 1 amide bonds. The fourth-order valence-electron chi connectivity index (χ4n) is 2.62. The first-order valence-corrected chi connectivity index (χ1v) is 6.54. The Morgan fingerprint density at radius 2 is 2.28 bits per heavy atom. The number of hydrogen-bond acceptors (Lipinski definition) is 3. The molecule has 0 bridgehead atoms. The molecule has 100 valence electrons. The van der Waals surface area contributed by atoms with E-state index in [0.717, 1.165) is 25.1 Å². The van der Waals surface area contributed by atoms with Crippen LogP contribution in [0.15, 0.2) is 6.07 Å². The zero-order valence-corrected chi connectivity index (χ0v) is 11.4. The molecule has 0 radical (unpaired) electrons. The maximum Gasteiger partial charge on any atom is 0.272 e. The van der Waals surface area contributed by atoms with Crippen LogP contribution in [0.5, 0.6) is 0 Å². The van der Waals surface area contributed by atoms with Crippen LogP contribution in [-0.4, -0.2) is 39.7 Å². The first-order valence-electron chi connectivity index (χ1n) is 6.54. The minimum atomic E-state index is 0.0729. The third-order valence-corrected chi connectivity index (χ3v) is 3.79. The van der Waals surface area contributed by atoms with Gasteiger partial charge < -0.3 is 10.6 Å². The first-order chi connectivity index (χ1) is 8.52. The average molecular weight is 250 g/mol. The predicted octanol–water partition coefficient (Wildman–Crippen LogP) is 0.928. The van der Waals surface area contributed by atoms with Gasteiger partial charge in [-0.05, 0) is 45.2 Å². The molecule has 1 aromatic heterocycles. The lowest BCUT2D eigenvalue weighted by Crippen LogP contribution is -2.47. The topological polar surface area (TPSA) is 64.2 Å². The van der Waals surface area contributed by atoms with Crippen molar-refractivity contribution in [1.82, 2.24) is 14.7 Å². The number of likely N-dealkylation sites (tertiary alicyclic amines) is 1. The number of carbonyl (C=O) groups is 1. The number of carbonyl (C=O) groups excluding carboxylic acids is 1. The Labute approximate surface area is 108 Å². The summed E-state index contributed by atoms with van der Waals surface area (Å²) < 4.78 is 1.66. The zero-order chi connectivity index (χ0) is 13.3. The summed E-state index contributed by atoms with van der Waals surface area (Å²) in [4.78, 5) is 14.5. The molecule has 1 aliphatic rings. The van der Waals surface area contributed by atoms with E-state index < -0.39 is 0 Å². The minimum absolute atomic E-state index is 0.0729. The maximum atomic E-state index is 12.5. The van der Waals surface area contributed by atoms with Crippen LogP contribution in [0.1, 0.15) is 35.9 Å². The smallest absolute Gasteiger partial charge is 0.272 e. The molecule has 1 aliphatic heterocycles. The third kappa shape index (κ3) is 2.41. The molecular formula is C13H22N4O. The van der Waals surface area contributed by atoms with Gasteiger partial charge in [-0.3, -0.25) is 9.48 Å². The molecule has 0 aliphatic carbocycles. The van der Waals surface area contributed by atoms with Crippen LogP contribution in [0.3, 0.4) is 0 Å². The summed E-state index contributed by atoms with van der Waals surface area (Å²) in [6.07, 6.45) is 2.15. The van der Waals surface area contributed by atoms with E-state index in [0.29, 0.717) is 18.2 Å². The summed E-state index contributed by atoms with van der Waals surface area (Å²) in [5.41, 5.74) is 7.27. The van der Waals surface area contributed by atoms with Gasteiger partial charge in [0.25, 0.3) is 5.91 Å². The van der Waals surface area contributed by atoms with E-state index in [1.165, 1.54) is 0 Å². The third-order valence-electron chi connectivity index (χ3n) is 3.79. The van der Waals surface area contributed by atoms with Crippen LogP contribution in [-0.2, 0) is 7.05 Å². The molecule has 5 nitrogen and oxygen atoms in total. The van der Waals surface area contributed by atoms with Crippen LogP contribution in [0.25, 0.3) is 0 Å². The number of rotatable bonds is 2. The highest BCUT2D eigenvalue weighted by Gasteiger charge is 2.30.